The molecule has 114 valence electrons. The van der Waals surface area contributed by atoms with Gasteiger partial charge in [0.15, 0.2) is 5.03 Å². The number of H-pyrrole nitrogens is 1. The summed E-state index contributed by atoms with van der Waals surface area (Å²) in [6.45, 7) is 7.41. The van der Waals surface area contributed by atoms with E-state index in [2.05, 4.69) is 34.3 Å². The number of likely N-dealkylation sites (N-methyl/N-ethyl adjacent to an activating group) is 1. The minimum Gasteiger partial charge on any atom is -0.316 e. The molecule has 0 spiro atoms. The van der Waals surface area contributed by atoms with Crippen LogP contribution in [-0.4, -0.2) is 67.1 Å². The Morgan fingerprint density at radius 1 is 1.50 bits per heavy atom. The van der Waals surface area contributed by atoms with E-state index in [-0.39, 0.29) is 11.1 Å². The first-order valence-electron chi connectivity index (χ1n) is 6.91. The predicted molar refractivity (Wildman–Crippen MR) is 76.8 cm³/mol. The number of hydrogen-bond acceptors (Lipinski definition) is 5. The van der Waals surface area contributed by atoms with Gasteiger partial charge in [0.1, 0.15) is 0 Å². The summed E-state index contributed by atoms with van der Waals surface area (Å²) < 4.78 is 26.9. The van der Waals surface area contributed by atoms with Gasteiger partial charge in [0.2, 0.25) is 0 Å². The van der Waals surface area contributed by atoms with Crippen molar-refractivity contribution in [3.8, 4) is 0 Å². The van der Waals surface area contributed by atoms with Crippen LogP contribution >= 0.6 is 0 Å². The lowest BCUT2D eigenvalue weighted by molar-refractivity contribution is 0.135. The molecular formula is C12H23N5O2S. The molecule has 20 heavy (non-hydrogen) atoms. The standard InChI is InChI=1S/C12H23N5O2S/c1-4-16-5-6-17(9-10(16)2)20(18,19)12-11(7-13-3)8-14-15-12/h8,10,13H,4-7,9H2,1-3H3,(H,14,15). The number of aromatic amines is 1. The average Bonchev–Trinajstić information content (AvgIpc) is 2.88. The summed E-state index contributed by atoms with van der Waals surface area (Å²) in [5.74, 6) is 0. The number of nitrogens with one attached hydrogen (secondary N) is 2. The van der Waals surface area contributed by atoms with Crippen molar-refractivity contribution in [2.75, 3.05) is 33.2 Å². The molecule has 1 aliphatic rings. The molecule has 2 heterocycles. The lowest BCUT2D eigenvalue weighted by Crippen LogP contribution is -2.53. The molecule has 0 aliphatic carbocycles. The lowest BCUT2D eigenvalue weighted by atomic mass is 10.2. The van der Waals surface area contributed by atoms with Crippen molar-refractivity contribution in [2.45, 2.75) is 31.5 Å². The summed E-state index contributed by atoms with van der Waals surface area (Å²) in [5, 5.41) is 9.68. The normalized spacial score (nSPS) is 22.2. The largest absolute Gasteiger partial charge is 0.316 e. The third-order valence-corrected chi connectivity index (χ3v) is 5.66. The van der Waals surface area contributed by atoms with E-state index >= 15 is 0 Å². The van der Waals surface area contributed by atoms with Crippen molar-refractivity contribution in [1.82, 2.24) is 24.7 Å². The summed E-state index contributed by atoms with van der Waals surface area (Å²) in [6, 6.07) is 0.235. The Bertz CT molecular complexity index is 542. The first-order chi connectivity index (χ1) is 9.50. The second-order valence-electron chi connectivity index (χ2n) is 5.10. The molecule has 1 unspecified atom stereocenters. The minimum absolute atomic E-state index is 0.212. The van der Waals surface area contributed by atoms with Gasteiger partial charge in [-0.2, -0.15) is 9.40 Å². The highest BCUT2D eigenvalue weighted by atomic mass is 32.2. The number of rotatable bonds is 5. The van der Waals surface area contributed by atoms with Gasteiger partial charge in [-0.25, -0.2) is 8.42 Å². The van der Waals surface area contributed by atoms with Gasteiger partial charge >= 0.3 is 0 Å². The first kappa shape index (κ1) is 15.4. The van der Waals surface area contributed by atoms with E-state index in [1.165, 1.54) is 0 Å². The van der Waals surface area contributed by atoms with E-state index in [0.29, 0.717) is 25.2 Å². The lowest BCUT2D eigenvalue weighted by Gasteiger charge is -2.38. The Labute approximate surface area is 120 Å². The first-order valence-corrected chi connectivity index (χ1v) is 8.35. The maximum absolute atomic E-state index is 12.7. The molecule has 1 aromatic rings. The van der Waals surface area contributed by atoms with Crippen LogP contribution in [0.2, 0.25) is 0 Å². The van der Waals surface area contributed by atoms with Crippen LogP contribution in [0.4, 0.5) is 0 Å². The Morgan fingerprint density at radius 3 is 2.85 bits per heavy atom. The van der Waals surface area contributed by atoms with E-state index < -0.39 is 10.0 Å². The van der Waals surface area contributed by atoms with Crippen molar-refractivity contribution in [3.63, 3.8) is 0 Å². The van der Waals surface area contributed by atoms with Crippen LogP contribution in [-0.2, 0) is 16.6 Å². The molecule has 7 nitrogen and oxygen atoms in total. The van der Waals surface area contributed by atoms with Gasteiger partial charge in [-0.3, -0.25) is 10.00 Å². The van der Waals surface area contributed by atoms with Crippen molar-refractivity contribution in [1.29, 1.82) is 0 Å². The molecule has 1 saturated heterocycles. The maximum atomic E-state index is 12.7. The molecule has 2 rings (SSSR count). The molecule has 1 fully saturated rings. The second kappa shape index (κ2) is 6.21. The zero-order valence-corrected chi connectivity index (χ0v) is 13.1. The molecule has 0 amide bonds. The number of sulfonamides is 1. The van der Waals surface area contributed by atoms with Crippen molar-refractivity contribution in [2.24, 2.45) is 0 Å². The van der Waals surface area contributed by atoms with Gasteiger partial charge < -0.3 is 5.32 Å². The van der Waals surface area contributed by atoms with Gasteiger partial charge in [0.05, 0.1) is 6.20 Å². The molecule has 0 radical (unpaired) electrons. The van der Waals surface area contributed by atoms with Crippen LogP contribution in [0.25, 0.3) is 0 Å². The summed E-state index contributed by atoms with van der Waals surface area (Å²) in [4.78, 5) is 2.29. The van der Waals surface area contributed by atoms with Crippen LogP contribution < -0.4 is 5.32 Å². The van der Waals surface area contributed by atoms with E-state index in [1.54, 1.807) is 17.5 Å². The maximum Gasteiger partial charge on any atom is 0.260 e. The van der Waals surface area contributed by atoms with Gasteiger partial charge in [-0.1, -0.05) is 6.92 Å². The molecule has 1 atom stereocenters. The van der Waals surface area contributed by atoms with Crippen LogP contribution in [0, 0.1) is 0 Å². The Hall–Kier alpha value is -0.960. The van der Waals surface area contributed by atoms with E-state index in [9.17, 15) is 8.42 Å². The van der Waals surface area contributed by atoms with Gasteiger partial charge in [0.25, 0.3) is 10.0 Å². The monoisotopic (exact) mass is 301 g/mol. The third-order valence-electron chi connectivity index (χ3n) is 3.78. The summed E-state index contributed by atoms with van der Waals surface area (Å²) in [5.41, 5.74) is 0.679. The SMILES string of the molecule is CCN1CCN(S(=O)(=O)c2[nH]ncc2CNC)CC1C. The third kappa shape index (κ3) is 2.88. The minimum atomic E-state index is -3.49. The number of hydrogen-bond donors (Lipinski definition) is 2. The molecular weight excluding hydrogens is 278 g/mol. The van der Waals surface area contributed by atoms with Crippen molar-refractivity contribution < 1.29 is 8.42 Å². The zero-order valence-electron chi connectivity index (χ0n) is 12.3. The summed E-state index contributed by atoms with van der Waals surface area (Å²) >= 11 is 0. The molecule has 1 aliphatic heterocycles. The Morgan fingerprint density at radius 2 is 2.25 bits per heavy atom. The molecule has 1 aromatic heterocycles. The Balaban J connectivity index is 2.21. The zero-order chi connectivity index (χ0) is 14.8. The fourth-order valence-corrected chi connectivity index (χ4v) is 4.23. The average molecular weight is 301 g/mol. The quantitative estimate of drug-likeness (QED) is 0.790. The van der Waals surface area contributed by atoms with Crippen LogP contribution in [0.15, 0.2) is 11.2 Å². The van der Waals surface area contributed by atoms with Gasteiger partial charge in [-0.15, -0.1) is 0 Å². The van der Waals surface area contributed by atoms with Crippen molar-refractivity contribution >= 4 is 10.0 Å². The molecule has 8 heteroatoms. The summed E-state index contributed by atoms with van der Waals surface area (Å²) in [7, 11) is -1.70. The summed E-state index contributed by atoms with van der Waals surface area (Å²) in [6.07, 6.45) is 1.56. The second-order valence-corrected chi connectivity index (χ2v) is 6.97. The van der Waals surface area contributed by atoms with E-state index in [0.717, 1.165) is 13.1 Å². The van der Waals surface area contributed by atoms with Gasteiger partial charge in [0, 0.05) is 37.8 Å². The molecule has 0 aromatic carbocycles. The van der Waals surface area contributed by atoms with Crippen LogP contribution in [0.1, 0.15) is 19.4 Å². The number of piperazine rings is 1. The fourth-order valence-electron chi connectivity index (χ4n) is 2.62. The number of nitrogens with zero attached hydrogens (tertiary/aromatic N) is 3. The Kier molecular flexibility index (Phi) is 4.79. The number of aromatic nitrogens is 2. The van der Waals surface area contributed by atoms with Crippen LogP contribution in [0.5, 0.6) is 0 Å². The predicted octanol–water partition coefficient (Wildman–Crippen LogP) is -0.156. The highest BCUT2D eigenvalue weighted by Gasteiger charge is 2.33. The molecule has 0 bridgehead atoms. The van der Waals surface area contributed by atoms with E-state index in [4.69, 9.17) is 0 Å². The molecule has 2 N–H and O–H groups in total. The van der Waals surface area contributed by atoms with Crippen molar-refractivity contribution in [3.05, 3.63) is 11.8 Å². The van der Waals surface area contributed by atoms with Gasteiger partial charge in [-0.05, 0) is 20.5 Å². The van der Waals surface area contributed by atoms with Crippen LogP contribution in [0.3, 0.4) is 0 Å². The fraction of sp³-hybridized carbons (Fsp3) is 0.750. The molecule has 0 saturated carbocycles. The highest BCUT2D eigenvalue weighted by Crippen LogP contribution is 2.21. The topological polar surface area (TPSA) is 81.3 Å². The van der Waals surface area contributed by atoms with E-state index in [1.807, 2.05) is 0 Å². The highest BCUT2D eigenvalue weighted by molar-refractivity contribution is 7.89. The smallest absolute Gasteiger partial charge is 0.260 e.